The Labute approximate surface area is 184 Å². The highest BCUT2D eigenvalue weighted by molar-refractivity contribution is 8.19. The summed E-state index contributed by atoms with van der Waals surface area (Å²) in [6, 6.07) is 17.1. The van der Waals surface area contributed by atoms with E-state index in [-0.39, 0.29) is 22.3 Å². The van der Waals surface area contributed by atoms with Crippen LogP contribution >= 0.6 is 11.8 Å². The Hall–Kier alpha value is -3.52. The highest BCUT2D eigenvalue weighted by atomic mass is 32.2. The smallest absolute Gasteiger partial charge is 0.296 e. The third kappa shape index (κ3) is 3.59. The van der Waals surface area contributed by atoms with E-state index in [4.69, 9.17) is 5.41 Å². The number of nitrogens with zero attached hydrogens (tertiary/aromatic N) is 4. The van der Waals surface area contributed by atoms with Gasteiger partial charge in [-0.1, -0.05) is 30.3 Å². The van der Waals surface area contributed by atoms with Gasteiger partial charge < -0.3 is 4.90 Å². The van der Waals surface area contributed by atoms with Gasteiger partial charge in [0, 0.05) is 26.8 Å². The van der Waals surface area contributed by atoms with Crippen molar-refractivity contribution in [2.75, 3.05) is 23.9 Å². The van der Waals surface area contributed by atoms with Crippen molar-refractivity contribution in [3.05, 3.63) is 81.1 Å². The van der Waals surface area contributed by atoms with E-state index in [0.29, 0.717) is 16.3 Å². The van der Waals surface area contributed by atoms with Crippen LogP contribution in [0.25, 0.3) is 11.8 Å². The number of thioether (sulfide) groups is 1. The molecule has 0 radical (unpaired) electrons. The first kappa shape index (κ1) is 20.7. The molecule has 31 heavy (non-hydrogen) atoms. The zero-order valence-corrected chi connectivity index (χ0v) is 18.6. The molecular weight excluding hydrogens is 410 g/mol. The van der Waals surface area contributed by atoms with Gasteiger partial charge >= 0.3 is 0 Å². The van der Waals surface area contributed by atoms with Crippen molar-refractivity contribution >= 4 is 40.3 Å². The first-order valence-electron chi connectivity index (χ1n) is 9.73. The molecule has 0 aliphatic carbocycles. The van der Waals surface area contributed by atoms with Crippen LogP contribution in [0.3, 0.4) is 0 Å². The number of amides is 1. The average Bonchev–Trinajstić information content (AvgIpc) is 3.14. The van der Waals surface area contributed by atoms with Gasteiger partial charge in [0.25, 0.3) is 11.5 Å². The summed E-state index contributed by atoms with van der Waals surface area (Å²) in [6.07, 6.45) is 1.76. The molecule has 0 bridgehead atoms. The zero-order valence-electron chi connectivity index (χ0n) is 17.8. The molecule has 1 fully saturated rings. The van der Waals surface area contributed by atoms with Crippen LogP contribution in [0.4, 0.5) is 11.4 Å². The molecule has 4 rings (SSSR count). The minimum atomic E-state index is -0.363. The van der Waals surface area contributed by atoms with E-state index in [1.54, 1.807) is 24.7 Å². The standard InChI is InChI=1S/C23H23N5O2S/c1-15-20(22(30)28(26(15)4)18-8-6-5-7-9-18)27-21(29)19(31-23(27)24)14-16-10-12-17(13-11-16)25(2)3/h5-14,24H,1-4H3. The van der Waals surface area contributed by atoms with Gasteiger partial charge in [-0.15, -0.1) is 0 Å². The quantitative estimate of drug-likeness (QED) is 0.638. The molecule has 1 N–H and O–H groups in total. The molecule has 7 nitrogen and oxygen atoms in total. The summed E-state index contributed by atoms with van der Waals surface area (Å²) in [5.41, 5.74) is 3.11. The number of rotatable bonds is 4. The summed E-state index contributed by atoms with van der Waals surface area (Å²) in [5, 5.41) is 8.42. The third-order valence-electron chi connectivity index (χ3n) is 5.28. The minimum absolute atomic E-state index is 0.0205. The van der Waals surface area contributed by atoms with Crippen LogP contribution in [-0.4, -0.2) is 34.5 Å². The van der Waals surface area contributed by atoms with Crippen molar-refractivity contribution in [3.63, 3.8) is 0 Å². The van der Waals surface area contributed by atoms with Crippen LogP contribution in [0.5, 0.6) is 0 Å². The Balaban J connectivity index is 1.73. The molecule has 0 unspecified atom stereocenters. The Morgan fingerprint density at radius 1 is 1.00 bits per heavy atom. The normalized spacial score (nSPS) is 15.2. The molecule has 1 aliphatic heterocycles. The zero-order chi connectivity index (χ0) is 22.3. The maximum atomic E-state index is 13.3. The highest BCUT2D eigenvalue weighted by Crippen LogP contribution is 2.35. The van der Waals surface area contributed by atoms with Gasteiger partial charge in [-0.25, -0.2) is 9.58 Å². The molecule has 0 saturated carbocycles. The van der Waals surface area contributed by atoms with Crippen LogP contribution in [0.15, 0.2) is 64.3 Å². The predicted octanol–water partition coefficient (Wildman–Crippen LogP) is 3.61. The number of aromatic nitrogens is 2. The van der Waals surface area contributed by atoms with E-state index in [1.165, 1.54) is 9.58 Å². The fourth-order valence-corrected chi connectivity index (χ4v) is 4.37. The lowest BCUT2D eigenvalue weighted by molar-refractivity contribution is -0.113. The van der Waals surface area contributed by atoms with Crippen molar-refractivity contribution < 1.29 is 4.79 Å². The van der Waals surface area contributed by atoms with Gasteiger partial charge in [-0.3, -0.25) is 19.7 Å². The number of carbonyl (C=O) groups excluding carboxylic acids is 1. The van der Waals surface area contributed by atoms with E-state index in [0.717, 1.165) is 23.0 Å². The maximum absolute atomic E-state index is 13.3. The first-order chi connectivity index (χ1) is 14.8. The molecule has 1 amide bonds. The van der Waals surface area contributed by atoms with Gasteiger partial charge in [0.05, 0.1) is 16.3 Å². The van der Waals surface area contributed by atoms with Crippen molar-refractivity contribution in [2.24, 2.45) is 7.05 Å². The monoisotopic (exact) mass is 433 g/mol. The Morgan fingerprint density at radius 3 is 2.26 bits per heavy atom. The number of nitrogens with one attached hydrogen (secondary N) is 1. The summed E-state index contributed by atoms with van der Waals surface area (Å²) in [6.45, 7) is 1.78. The molecule has 1 saturated heterocycles. The summed E-state index contributed by atoms with van der Waals surface area (Å²) in [4.78, 5) is 30.1. The summed E-state index contributed by atoms with van der Waals surface area (Å²) in [5.74, 6) is -0.363. The molecule has 158 valence electrons. The van der Waals surface area contributed by atoms with Gasteiger partial charge in [0.1, 0.15) is 5.69 Å². The van der Waals surface area contributed by atoms with E-state index in [2.05, 4.69) is 0 Å². The fraction of sp³-hybridized carbons (Fsp3) is 0.174. The van der Waals surface area contributed by atoms with Crippen molar-refractivity contribution in [3.8, 4) is 5.69 Å². The number of hydrogen-bond acceptors (Lipinski definition) is 5. The molecule has 2 heterocycles. The lowest BCUT2D eigenvalue weighted by atomic mass is 10.2. The van der Waals surface area contributed by atoms with E-state index >= 15 is 0 Å². The third-order valence-corrected chi connectivity index (χ3v) is 6.17. The number of benzene rings is 2. The van der Waals surface area contributed by atoms with Gasteiger partial charge in [0.15, 0.2) is 5.17 Å². The van der Waals surface area contributed by atoms with Crippen molar-refractivity contribution in [2.45, 2.75) is 6.92 Å². The number of para-hydroxylation sites is 1. The summed E-state index contributed by atoms with van der Waals surface area (Å²) < 4.78 is 3.22. The fourth-order valence-electron chi connectivity index (χ4n) is 3.52. The lowest BCUT2D eigenvalue weighted by Gasteiger charge is -2.12. The van der Waals surface area contributed by atoms with E-state index < -0.39 is 0 Å². The van der Waals surface area contributed by atoms with E-state index in [9.17, 15) is 9.59 Å². The summed E-state index contributed by atoms with van der Waals surface area (Å²) >= 11 is 1.06. The first-order valence-corrected chi connectivity index (χ1v) is 10.5. The second-order valence-corrected chi connectivity index (χ2v) is 8.48. The van der Waals surface area contributed by atoms with Crippen molar-refractivity contribution in [1.82, 2.24) is 9.36 Å². The molecule has 1 aromatic heterocycles. The summed E-state index contributed by atoms with van der Waals surface area (Å²) in [7, 11) is 5.70. The van der Waals surface area contributed by atoms with Crippen LogP contribution in [0, 0.1) is 12.3 Å². The lowest BCUT2D eigenvalue weighted by Crippen LogP contribution is -2.33. The topological polar surface area (TPSA) is 74.3 Å². The van der Waals surface area contributed by atoms with Gasteiger partial charge in [-0.05, 0) is 54.6 Å². The molecule has 0 spiro atoms. The number of carbonyl (C=O) groups is 1. The molecule has 8 heteroatoms. The Morgan fingerprint density at radius 2 is 1.65 bits per heavy atom. The number of hydrogen-bond donors (Lipinski definition) is 1. The number of amidine groups is 1. The van der Waals surface area contributed by atoms with Crippen LogP contribution in [0.2, 0.25) is 0 Å². The molecule has 0 atom stereocenters. The Bertz CT molecular complexity index is 1250. The predicted molar refractivity (Wildman–Crippen MR) is 127 cm³/mol. The average molecular weight is 434 g/mol. The molecular formula is C23H23N5O2S. The number of anilines is 2. The minimum Gasteiger partial charge on any atom is -0.378 e. The van der Waals surface area contributed by atoms with Crippen LogP contribution < -0.4 is 15.4 Å². The van der Waals surface area contributed by atoms with Crippen LogP contribution in [-0.2, 0) is 11.8 Å². The van der Waals surface area contributed by atoms with Crippen molar-refractivity contribution in [1.29, 1.82) is 5.41 Å². The second kappa shape index (κ2) is 7.96. The largest absolute Gasteiger partial charge is 0.378 e. The second-order valence-electron chi connectivity index (χ2n) is 7.45. The maximum Gasteiger partial charge on any atom is 0.296 e. The molecule has 1 aliphatic rings. The molecule has 2 aromatic carbocycles. The van der Waals surface area contributed by atoms with Crippen LogP contribution in [0.1, 0.15) is 11.3 Å². The molecule has 3 aromatic rings. The Kier molecular flexibility index (Phi) is 5.32. The van der Waals surface area contributed by atoms with Gasteiger partial charge in [0.2, 0.25) is 0 Å². The SMILES string of the molecule is Cc1c(N2C(=N)SC(=Cc3ccc(N(C)C)cc3)C2=O)c(=O)n(-c2ccccc2)n1C. The van der Waals surface area contributed by atoms with Gasteiger partial charge in [-0.2, -0.15) is 0 Å². The van der Waals surface area contributed by atoms with E-state index in [1.807, 2.05) is 73.6 Å². The highest BCUT2D eigenvalue weighted by Gasteiger charge is 2.37.